The summed E-state index contributed by atoms with van der Waals surface area (Å²) in [6.07, 6.45) is 1.47. The summed E-state index contributed by atoms with van der Waals surface area (Å²) in [6.45, 7) is 1.94. The van der Waals surface area contributed by atoms with Gasteiger partial charge < -0.3 is 0 Å². The van der Waals surface area contributed by atoms with Crippen molar-refractivity contribution in [3.05, 3.63) is 23.2 Å². The molecule has 0 aliphatic carbocycles. The Balaban J connectivity index is 3.15. The van der Waals surface area contributed by atoms with E-state index in [0.29, 0.717) is 17.1 Å². The molecule has 1 rings (SSSR count). The van der Waals surface area contributed by atoms with Crippen LogP contribution in [0.2, 0.25) is 5.02 Å². The number of aliphatic imine (C=N–C) groups is 1. The Labute approximate surface area is 111 Å². The Bertz CT molecular complexity index is 549. The van der Waals surface area contributed by atoms with Gasteiger partial charge in [0.15, 0.2) is 9.84 Å². The van der Waals surface area contributed by atoms with Crippen LogP contribution in [0.25, 0.3) is 0 Å². The predicted molar refractivity (Wildman–Crippen MR) is 73.1 cm³/mol. The summed E-state index contributed by atoms with van der Waals surface area (Å²) in [4.78, 5) is 3.95. The number of thiocarbonyl (C=S) groups is 1. The van der Waals surface area contributed by atoms with E-state index >= 15 is 0 Å². The third-order valence-electron chi connectivity index (χ3n) is 2.21. The van der Waals surface area contributed by atoms with E-state index in [4.69, 9.17) is 11.6 Å². The molecule has 0 heterocycles. The van der Waals surface area contributed by atoms with E-state index < -0.39 is 9.84 Å². The van der Waals surface area contributed by atoms with Crippen LogP contribution in [0.1, 0.15) is 19.8 Å². The van der Waals surface area contributed by atoms with Gasteiger partial charge in [0, 0.05) is 0 Å². The lowest BCUT2D eigenvalue weighted by molar-refractivity contribution is 0.592. The van der Waals surface area contributed by atoms with E-state index in [1.807, 2.05) is 6.92 Å². The van der Waals surface area contributed by atoms with Crippen molar-refractivity contribution in [2.45, 2.75) is 24.7 Å². The number of halogens is 1. The smallest absolute Gasteiger partial charge is 0.178 e. The molecule has 0 radical (unpaired) electrons. The van der Waals surface area contributed by atoms with Crippen molar-refractivity contribution in [3.8, 4) is 0 Å². The Morgan fingerprint density at radius 3 is 2.76 bits per heavy atom. The number of isothiocyanates is 1. The zero-order valence-electron chi connectivity index (χ0n) is 9.31. The number of unbranched alkanes of at least 4 members (excludes halogenated alkanes) is 1. The Morgan fingerprint density at radius 2 is 2.18 bits per heavy atom. The van der Waals surface area contributed by atoms with Crippen molar-refractivity contribution in [2.24, 2.45) is 4.99 Å². The van der Waals surface area contributed by atoms with Crippen LogP contribution >= 0.6 is 23.8 Å². The molecule has 0 aromatic heterocycles. The van der Waals surface area contributed by atoms with Crippen molar-refractivity contribution in [1.29, 1.82) is 0 Å². The zero-order valence-corrected chi connectivity index (χ0v) is 11.7. The molecule has 0 unspecified atom stereocenters. The molecule has 3 nitrogen and oxygen atoms in total. The highest BCUT2D eigenvalue weighted by molar-refractivity contribution is 7.91. The van der Waals surface area contributed by atoms with Crippen LogP contribution in [0.3, 0.4) is 0 Å². The van der Waals surface area contributed by atoms with Gasteiger partial charge in [0.2, 0.25) is 0 Å². The van der Waals surface area contributed by atoms with Crippen LogP contribution in [0.15, 0.2) is 28.1 Å². The number of hydrogen-bond donors (Lipinski definition) is 0. The Hall–Kier alpha value is -0.740. The molecule has 0 aliphatic rings. The molecule has 92 valence electrons. The fraction of sp³-hybridized carbons (Fsp3) is 0.364. The first-order chi connectivity index (χ1) is 8.01. The van der Waals surface area contributed by atoms with E-state index in [1.54, 1.807) is 0 Å². The lowest BCUT2D eigenvalue weighted by Gasteiger charge is -2.05. The van der Waals surface area contributed by atoms with Gasteiger partial charge in [0.1, 0.15) is 0 Å². The van der Waals surface area contributed by atoms with Crippen molar-refractivity contribution < 1.29 is 8.42 Å². The molecule has 0 saturated carbocycles. The molecule has 1 aromatic carbocycles. The van der Waals surface area contributed by atoms with E-state index in [-0.39, 0.29) is 10.6 Å². The minimum atomic E-state index is -3.26. The highest BCUT2D eigenvalue weighted by atomic mass is 35.5. The Morgan fingerprint density at radius 1 is 1.47 bits per heavy atom. The van der Waals surface area contributed by atoms with E-state index in [1.165, 1.54) is 18.2 Å². The van der Waals surface area contributed by atoms with Gasteiger partial charge in [-0.25, -0.2) is 8.42 Å². The van der Waals surface area contributed by atoms with Crippen LogP contribution < -0.4 is 0 Å². The normalized spacial score (nSPS) is 10.9. The lowest BCUT2D eigenvalue weighted by atomic mass is 10.3. The summed E-state index contributed by atoms with van der Waals surface area (Å²) >= 11 is 10.3. The van der Waals surface area contributed by atoms with Crippen molar-refractivity contribution >= 4 is 44.5 Å². The van der Waals surface area contributed by atoms with Crippen molar-refractivity contribution in [3.63, 3.8) is 0 Å². The molecular formula is C11H12ClNO2S2. The number of sulfone groups is 1. The van der Waals surface area contributed by atoms with Gasteiger partial charge in [-0.1, -0.05) is 24.9 Å². The summed E-state index contributed by atoms with van der Waals surface area (Å²) in [6, 6.07) is 4.41. The second kappa shape index (κ2) is 6.26. The fourth-order valence-electron chi connectivity index (χ4n) is 1.27. The summed E-state index contributed by atoms with van der Waals surface area (Å²) in [5.74, 6) is 0.131. The van der Waals surface area contributed by atoms with Crippen LogP contribution in [-0.4, -0.2) is 19.3 Å². The minimum Gasteiger partial charge on any atom is -0.224 e. The molecule has 0 spiro atoms. The number of rotatable bonds is 5. The van der Waals surface area contributed by atoms with E-state index in [2.05, 4.69) is 22.4 Å². The number of nitrogens with zero attached hydrogens (tertiary/aromatic N) is 1. The second-order valence-corrected chi connectivity index (χ2v) is 6.19. The maximum Gasteiger partial charge on any atom is 0.178 e. The molecule has 17 heavy (non-hydrogen) atoms. The van der Waals surface area contributed by atoms with Gasteiger partial charge in [-0.05, 0) is 36.8 Å². The second-order valence-electron chi connectivity index (χ2n) is 3.49. The molecule has 6 heteroatoms. The standard InChI is InChI=1S/C11H12ClNO2S2/c1-2-3-6-17(14,15)9-4-5-10(12)11(7-9)13-8-16/h4-5,7H,2-3,6H2,1H3. The maximum absolute atomic E-state index is 11.9. The minimum absolute atomic E-state index is 0.131. The topological polar surface area (TPSA) is 46.5 Å². The first-order valence-electron chi connectivity index (χ1n) is 5.11. The highest BCUT2D eigenvalue weighted by Gasteiger charge is 2.15. The Kier molecular flexibility index (Phi) is 5.28. The average Bonchev–Trinajstić information content (AvgIpc) is 2.29. The summed E-state index contributed by atoms with van der Waals surface area (Å²) in [5.41, 5.74) is 0.333. The predicted octanol–water partition coefficient (Wildman–Crippen LogP) is 3.65. The fourth-order valence-corrected chi connectivity index (χ4v) is 3.00. The molecule has 0 fully saturated rings. The van der Waals surface area contributed by atoms with Gasteiger partial charge >= 0.3 is 0 Å². The van der Waals surface area contributed by atoms with E-state index in [0.717, 1.165) is 6.42 Å². The van der Waals surface area contributed by atoms with Gasteiger partial charge in [0.25, 0.3) is 0 Å². The summed E-state index contributed by atoms with van der Waals surface area (Å²) in [7, 11) is -3.26. The third kappa shape index (κ3) is 3.89. The summed E-state index contributed by atoms with van der Waals surface area (Å²) < 4.78 is 23.9. The molecular weight excluding hydrogens is 278 g/mol. The SMILES string of the molecule is CCCCS(=O)(=O)c1ccc(Cl)c(N=C=S)c1. The molecule has 0 N–H and O–H groups in total. The molecule has 0 saturated heterocycles. The summed E-state index contributed by atoms with van der Waals surface area (Å²) in [5, 5.41) is 2.53. The van der Waals surface area contributed by atoms with Crippen molar-refractivity contribution in [1.82, 2.24) is 0 Å². The van der Waals surface area contributed by atoms with Gasteiger partial charge in [0.05, 0.1) is 26.5 Å². The zero-order chi connectivity index (χ0) is 12.9. The monoisotopic (exact) mass is 289 g/mol. The van der Waals surface area contributed by atoms with Crippen LogP contribution in [-0.2, 0) is 9.84 Å². The quantitative estimate of drug-likeness (QED) is 0.614. The lowest BCUT2D eigenvalue weighted by Crippen LogP contribution is -2.06. The van der Waals surface area contributed by atoms with Gasteiger partial charge in [-0.3, -0.25) is 0 Å². The first kappa shape index (κ1) is 14.3. The average molecular weight is 290 g/mol. The van der Waals surface area contributed by atoms with Crippen LogP contribution in [0.5, 0.6) is 0 Å². The maximum atomic E-state index is 11.9. The van der Waals surface area contributed by atoms with Crippen LogP contribution in [0, 0.1) is 0 Å². The largest absolute Gasteiger partial charge is 0.224 e. The first-order valence-corrected chi connectivity index (χ1v) is 7.55. The molecule has 0 bridgehead atoms. The third-order valence-corrected chi connectivity index (χ3v) is 4.42. The molecule has 0 atom stereocenters. The van der Waals surface area contributed by atoms with Crippen molar-refractivity contribution in [2.75, 3.05) is 5.75 Å². The number of benzene rings is 1. The molecule has 1 aromatic rings. The van der Waals surface area contributed by atoms with Gasteiger partial charge in [-0.2, -0.15) is 4.99 Å². The highest BCUT2D eigenvalue weighted by Crippen LogP contribution is 2.28. The van der Waals surface area contributed by atoms with Crippen LogP contribution in [0.4, 0.5) is 5.69 Å². The van der Waals surface area contributed by atoms with Gasteiger partial charge in [-0.15, -0.1) is 0 Å². The number of hydrogen-bond acceptors (Lipinski definition) is 4. The molecule has 0 aliphatic heterocycles. The molecule has 0 amide bonds. The van der Waals surface area contributed by atoms with E-state index in [9.17, 15) is 8.42 Å².